The van der Waals surface area contributed by atoms with Crippen LogP contribution in [-0.4, -0.2) is 14.3 Å². The summed E-state index contributed by atoms with van der Waals surface area (Å²) < 4.78 is 73.2. The third-order valence-electron chi connectivity index (χ3n) is 3.11. The molecule has 25 heavy (non-hydrogen) atoms. The van der Waals surface area contributed by atoms with Gasteiger partial charge in [0.05, 0.1) is 11.3 Å². The second kappa shape index (κ2) is 6.81. The molecule has 0 fully saturated rings. The van der Waals surface area contributed by atoms with Crippen LogP contribution in [-0.2, 0) is 22.0 Å². The van der Waals surface area contributed by atoms with E-state index in [9.17, 15) is 30.8 Å². The SMILES string of the molecule is NS(=O)(=O)Cc1ccc(NC(=O)c2ccc(F)c(C(F)(F)F)c2)cc1. The number of benzene rings is 2. The van der Waals surface area contributed by atoms with E-state index in [0.29, 0.717) is 17.7 Å². The molecule has 2 aromatic rings. The van der Waals surface area contributed by atoms with Gasteiger partial charge in [-0.1, -0.05) is 12.1 Å². The fourth-order valence-electron chi connectivity index (χ4n) is 2.00. The smallest absolute Gasteiger partial charge is 0.322 e. The summed E-state index contributed by atoms with van der Waals surface area (Å²) in [4.78, 5) is 12.0. The third-order valence-corrected chi connectivity index (χ3v) is 3.85. The van der Waals surface area contributed by atoms with Gasteiger partial charge in [-0.15, -0.1) is 0 Å². The predicted octanol–water partition coefficient (Wildman–Crippen LogP) is 2.89. The van der Waals surface area contributed by atoms with Crippen molar-refractivity contribution in [3.05, 3.63) is 65.0 Å². The first-order valence-corrected chi connectivity index (χ1v) is 8.45. The Hall–Kier alpha value is -2.46. The van der Waals surface area contributed by atoms with Gasteiger partial charge in [0.2, 0.25) is 10.0 Å². The number of nitrogens with two attached hydrogens (primary N) is 1. The van der Waals surface area contributed by atoms with Gasteiger partial charge in [-0.25, -0.2) is 17.9 Å². The first kappa shape index (κ1) is 18.9. The lowest BCUT2D eigenvalue weighted by molar-refractivity contribution is -0.140. The summed E-state index contributed by atoms with van der Waals surface area (Å²) in [5.74, 6) is -2.74. The van der Waals surface area contributed by atoms with Crippen LogP contribution in [0.3, 0.4) is 0 Å². The zero-order valence-corrected chi connectivity index (χ0v) is 13.3. The molecular weight excluding hydrogens is 364 g/mol. The van der Waals surface area contributed by atoms with Gasteiger partial charge in [0.15, 0.2) is 0 Å². The summed E-state index contributed by atoms with van der Waals surface area (Å²) in [5.41, 5.74) is -1.31. The predicted molar refractivity (Wildman–Crippen MR) is 82.6 cm³/mol. The van der Waals surface area contributed by atoms with E-state index in [2.05, 4.69) is 5.32 Å². The lowest BCUT2D eigenvalue weighted by Crippen LogP contribution is -2.16. The van der Waals surface area contributed by atoms with E-state index < -0.39 is 39.2 Å². The first-order chi connectivity index (χ1) is 11.5. The minimum absolute atomic E-state index is 0.223. The molecule has 5 nitrogen and oxygen atoms in total. The van der Waals surface area contributed by atoms with Crippen molar-refractivity contribution in [3.8, 4) is 0 Å². The molecule has 0 unspecified atom stereocenters. The number of halogens is 4. The second-order valence-electron chi connectivity index (χ2n) is 5.15. The van der Waals surface area contributed by atoms with Gasteiger partial charge < -0.3 is 5.32 Å². The lowest BCUT2D eigenvalue weighted by Gasteiger charge is -2.11. The topological polar surface area (TPSA) is 89.3 Å². The number of hydrogen-bond donors (Lipinski definition) is 2. The van der Waals surface area contributed by atoms with Crippen LogP contribution in [0.4, 0.5) is 23.2 Å². The molecule has 0 spiro atoms. The van der Waals surface area contributed by atoms with Crippen molar-refractivity contribution in [1.29, 1.82) is 0 Å². The van der Waals surface area contributed by atoms with Crippen LogP contribution < -0.4 is 10.5 Å². The number of amides is 1. The fourth-order valence-corrected chi connectivity index (χ4v) is 2.66. The van der Waals surface area contributed by atoms with Gasteiger partial charge in [0.1, 0.15) is 5.82 Å². The maximum absolute atomic E-state index is 13.2. The summed E-state index contributed by atoms with van der Waals surface area (Å²) in [6.07, 6.45) is -4.92. The molecule has 3 N–H and O–H groups in total. The Bertz CT molecular complexity index is 894. The number of carbonyl (C=O) groups excluding carboxylic acids is 1. The van der Waals surface area contributed by atoms with Gasteiger partial charge in [-0.05, 0) is 35.9 Å². The molecule has 0 aliphatic heterocycles. The standard InChI is InChI=1S/C15H12F4N2O3S/c16-13-6-3-10(7-12(13)15(17,18)19)14(22)21-11-4-1-9(2-5-11)8-25(20,23)24/h1-7H,8H2,(H,21,22)(H2,20,23,24). The molecule has 0 aliphatic rings. The van der Waals surface area contributed by atoms with Crippen LogP contribution in [0.25, 0.3) is 0 Å². The first-order valence-electron chi connectivity index (χ1n) is 6.73. The molecule has 0 saturated heterocycles. The quantitative estimate of drug-likeness (QED) is 0.804. The molecular formula is C15H12F4N2O3S. The highest BCUT2D eigenvalue weighted by Gasteiger charge is 2.34. The number of nitrogens with one attached hydrogen (secondary N) is 1. The Morgan fingerprint density at radius 3 is 2.20 bits per heavy atom. The number of alkyl halides is 3. The molecule has 0 radical (unpaired) electrons. The van der Waals surface area contributed by atoms with E-state index in [4.69, 9.17) is 5.14 Å². The number of hydrogen-bond acceptors (Lipinski definition) is 3. The molecule has 0 aliphatic carbocycles. The number of carbonyl (C=O) groups is 1. The Morgan fingerprint density at radius 2 is 1.68 bits per heavy atom. The zero-order chi connectivity index (χ0) is 18.8. The molecule has 0 atom stereocenters. The van der Waals surface area contributed by atoms with Gasteiger partial charge in [0, 0.05) is 11.3 Å². The highest BCUT2D eigenvalue weighted by molar-refractivity contribution is 7.88. The molecule has 1 amide bonds. The van der Waals surface area contributed by atoms with E-state index in [1.165, 1.54) is 24.3 Å². The van der Waals surface area contributed by atoms with Crippen LogP contribution in [0, 0.1) is 5.82 Å². The van der Waals surface area contributed by atoms with Crippen molar-refractivity contribution in [2.45, 2.75) is 11.9 Å². The number of sulfonamides is 1. The van der Waals surface area contributed by atoms with Gasteiger partial charge in [0.25, 0.3) is 5.91 Å². The highest BCUT2D eigenvalue weighted by atomic mass is 32.2. The molecule has 2 rings (SSSR count). The van der Waals surface area contributed by atoms with E-state index >= 15 is 0 Å². The van der Waals surface area contributed by atoms with Crippen molar-refractivity contribution in [1.82, 2.24) is 0 Å². The molecule has 2 aromatic carbocycles. The summed E-state index contributed by atoms with van der Waals surface area (Å²) in [5, 5.41) is 7.24. The van der Waals surface area contributed by atoms with E-state index in [1.54, 1.807) is 0 Å². The minimum atomic E-state index is -4.92. The van der Waals surface area contributed by atoms with Crippen LogP contribution in [0.2, 0.25) is 0 Å². The maximum atomic E-state index is 13.2. The number of primary sulfonamides is 1. The average Bonchev–Trinajstić information content (AvgIpc) is 2.47. The van der Waals surface area contributed by atoms with E-state index in [0.717, 1.165) is 6.07 Å². The van der Waals surface area contributed by atoms with Crippen molar-refractivity contribution in [3.63, 3.8) is 0 Å². The van der Waals surface area contributed by atoms with Crippen LogP contribution in [0.15, 0.2) is 42.5 Å². The summed E-state index contributed by atoms with van der Waals surface area (Å²) >= 11 is 0. The van der Waals surface area contributed by atoms with Gasteiger partial charge in [-0.3, -0.25) is 4.79 Å². The maximum Gasteiger partial charge on any atom is 0.419 e. The summed E-state index contributed by atoms with van der Waals surface area (Å²) in [6, 6.07) is 7.43. The van der Waals surface area contributed by atoms with Crippen molar-refractivity contribution >= 4 is 21.6 Å². The number of rotatable bonds is 4. The largest absolute Gasteiger partial charge is 0.419 e. The molecule has 10 heteroatoms. The summed E-state index contributed by atoms with van der Waals surface area (Å²) in [7, 11) is -3.71. The molecule has 0 saturated carbocycles. The monoisotopic (exact) mass is 376 g/mol. The van der Waals surface area contributed by atoms with E-state index in [1.807, 2.05) is 0 Å². The lowest BCUT2D eigenvalue weighted by atomic mass is 10.1. The van der Waals surface area contributed by atoms with Crippen LogP contribution in [0.1, 0.15) is 21.5 Å². The Kier molecular flexibility index (Phi) is 5.14. The van der Waals surface area contributed by atoms with Crippen molar-refractivity contribution in [2.75, 3.05) is 5.32 Å². The molecule has 134 valence electrons. The normalized spacial score (nSPS) is 12.0. The Balaban J connectivity index is 2.17. The van der Waals surface area contributed by atoms with Gasteiger partial charge in [-0.2, -0.15) is 13.2 Å². The minimum Gasteiger partial charge on any atom is -0.322 e. The molecule has 0 heterocycles. The Morgan fingerprint density at radius 1 is 1.08 bits per heavy atom. The fraction of sp³-hybridized carbons (Fsp3) is 0.133. The Labute approximate surface area is 140 Å². The summed E-state index contributed by atoms with van der Waals surface area (Å²) in [6.45, 7) is 0. The molecule has 0 bridgehead atoms. The second-order valence-corrected chi connectivity index (χ2v) is 6.77. The van der Waals surface area contributed by atoms with Crippen LogP contribution >= 0.6 is 0 Å². The zero-order valence-electron chi connectivity index (χ0n) is 12.5. The van der Waals surface area contributed by atoms with Crippen molar-refractivity contribution in [2.24, 2.45) is 5.14 Å². The highest BCUT2D eigenvalue weighted by Crippen LogP contribution is 2.32. The average molecular weight is 376 g/mol. The van der Waals surface area contributed by atoms with Crippen LogP contribution in [0.5, 0.6) is 0 Å². The third kappa shape index (κ3) is 5.26. The van der Waals surface area contributed by atoms with Crippen molar-refractivity contribution < 1.29 is 30.8 Å². The molecule has 0 aromatic heterocycles. The van der Waals surface area contributed by atoms with Gasteiger partial charge >= 0.3 is 6.18 Å². The van der Waals surface area contributed by atoms with E-state index in [-0.39, 0.29) is 11.3 Å². The number of anilines is 1.